The molecule has 1 aliphatic carbocycles. The van der Waals surface area contributed by atoms with Crippen LogP contribution in [0.2, 0.25) is 5.02 Å². The summed E-state index contributed by atoms with van der Waals surface area (Å²) < 4.78 is 35.5. The number of amides is 1. The molecule has 2 aliphatic rings. The molecular weight excluding hydrogens is 642 g/mol. The Bertz CT molecular complexity index is 2190. The zero-order valence-corrected chi connectivity index (χ0v) is 27.8. The number of carbonyl (C=O) groups is 2. The Morgan fingerprint density at radius 2 is 1.66 bits per heavy atom. The van der Waals surface area contributed by atoms with Crippen molar-refractivity contribution < 1.29 is 27.9 Å². The van der Waals surface area contributed by atoms with Crippen molar-refractivity contribution in [2.75, 3.05) is 20.2 Å². The van der Waals surface area contributed by atoms with Crippen molar-refractivity contribution in [3.05, 3.63) is 88.2 Å². The third kappa shape index (κ3) is 4.89. The van der Waals surface area contributed by atoms with Crippen LogP contribution in [0.1, 0.15) is 46.1 Å². The predicted molar refractivity (Wildman–Crippen MR) is 176 cm³/mol. The molecule has 1 aliphatic heterocycles. The van der Waals surface area contributed by atoms with Gasteiger partial charge in [0.15, 0.2) is 0 Å². The second-order valence-electron chi connectivity index (χ2n) is 12.6. The number of ether oxygens (including phenoxy) is 1. The van der Waals surface area contributed by atoms with Gasteiger partial charge in [0, 0.05) is 46.3 Å². The smallest absolute Gasteiger partial charge is 0.407 e. The molecule has 1 saturated carbocycles. The normalized spacial score (nSPS) is 15.9. The van der Waals surface area contributed by atoms with Gasteiger partial charge in [-0.05, 0) is 69.5 Å². The minimum Gasteiger partial charge on any atom is -0.465 e. The van der Waals surface area contributed by atoms with Crippen molar-refractivity contribution >= 4 is 44.6 Å². The highest BCUT2D eigenvalue weighted by Gasteiger charge is 2.55. The van der Waals surface area contributed by atoms with Gasteiger partial charge in [0.25, 0.3) is 10.0 Å². The first-order valence-electron chi connectivity index (χ1n) is 15.1. The van der Waals surface area contributed by atoms with Gasteiger partial charge in [0.1, 0.15) is 5.69 Å². The maximum absolute atomic E-state index is 13.8. The van der Waals surface area contributed by atoms with Crippen molar-refractivity contribution in [3.63, 3.8) is 0 Å². The Kier molecular flexibility index (Phi) is 7.21. The summed E-state index contributed by atoms with van der Waals surface area (Å²) in [6.07, 6.45) is 2.18. The minimum absolute atomic E-state index is 0.0384. The van der Waals surface area contributed by atoms with Crippen LogP contribution in [0.4, 0.5) is 4.79 Å². The van der Waals surface area contributed by atoms with Crippen LogP contribution in [0.3, 0.4) is 0 Å². The molecule has 3 aromatic carbocycles. The molecule has 7 rings (SSSR count). The number of nitrogens with zero attached hydrogens (tertiary/aromatic N) is 5. The number of halogens is 1. The zero-order valence-electron chi connectivity index (χ0n) is 26.2. The molecule has 2 fully saturated rings. The molecule has 1 spiro atoms. The maximum atomic E-state index is 13.8. The fourth-order valence-corrected chi connectivity index (χ4v) is 8.54. The molecule has 13 heteroatoms. The van der Waals surface area contributed by atoms with Gasteiger partial charge < -0.3 is 14.7 Å². The van der Waals surface area contributed by atoms with Crippen molar-refractivity contribution in [2.45, 2.75) is 44.6 Å². The van der Waals surface area contributed by atoms with E-state index < -0.39 is 22.1 Å². The number of rotatable bonds is 6. The summed E-state index contributed by atoms with van der Waals surface area (Å²) in [6, 6.07) is 15.3. The van der Waals surface area contributed by atoms with Gasteiger partial charge in [-0.1, -0.05) is 41.4 Å². The van der Waals surface area contributed by atoms with Gasteiger partial charge in [-0.2, -0.15) is 22.7 Å². The molecular formula is C34H32ClN5O6S. The number of aryl methyl sites for hydroxylation is 2. The number of aromatic nitrogens is 4. The first kappa shape index (κ1) is 30.9. The average Bonchev–Trinajstić information content (AvgIpc) is 3.57. The second-order valence-corrected chi connectivity index (χ2v) is 14.8. The maximum Gasteiger partial charge on any atom is 0.407 e. The predicted octanol–water partition coefficient (Wildman–Crippen LogP) is 6.48. The Balaban J connectivity index is 1.39. The summed E-state index contributed by atoms with van der Waals surface area (Å²) >= 11 is 7.10. The SMILES string of the molecule is COC(=O)c1ccc(-c2nn(C3CC4(C3)CN(C(=O)O)C4)c(C)c2-c2c(Cl)c(C)cc3c2cnn3S(=O)(=O)c2ccc(C)cc2)cc1. The van der Waals surface area contributed by atoms with Crippen molar-refractivity contribution in [2.24, 2.45) is 5.41 Å². The van der Waals surface area contributed by atoms with Crippen molar-refractivity contribution in [3.8, 4) is 22.4 Å². The van der Waals surface area contributed by atoms with E-state index in [-0.39, 0.29) is 16.4 Å². The first-order valence-corrected chi connectivity index (χ1v) is 16.9. The largest absolute Gasteiger partial charge is 0.465 e. The summed E-state index contributed by atoms with van der Waals surface area (Å²) in [6.45, 7) is 6.69. The van der Waals surface area contributed by atoms with E-state index in [4.69, 9.17) is 21.4 Å². The molecule has 0 bridgehead atoms. The van der Waals surface area contributed by atoms with Gasteiger partial charge in [-0.15, -0.1) is 0 Å². The number of carboxylic acid groups (broad SMARTS) is 1. The van der Waals surface area contributed by atoms with Gasteiger partial charge >= 0.3 is 12.1 Å². The number of fused-ring (bicyclic) bond motifs is 1. The van der Waals surface area contributed by atoms with Crippen LogP contribution in [0.25, 0.3) is 33.3 Å². The van der Waals surface area contributed by atoms with Crippen LogP contribution in [-0.2, 0) is 14.8 Å². The minimum atomic E-state index is -4.03. The summed E-state index contributed by atoms with van der Waals surface area (Å²) in [5.41, 5.74) is 5.83. The highest BCUT2D eigenvalue weighted by atomic mass is 35.5. The van der Waals surface area contributed by atoms with Gasteiger partial charge in [0.2, 0.25) is 0 Å². The van der Waals surface area contributed by atoms with Crippen LogP contribution < -0.4 is 0 Å². The highest BCUT2D eigenvalue weighted by Crippen LogP contribution is 2.55. The third-order valence-corrected chi connectivity index (χ3v) is 11.6. The molecule has 3 heterocycles. The van der Waals surface area contributed by atoms with E-state index in [2.05, 4.69) is 5.10 Å². The molecule has 5 aromatic rings. The molecule has 242 valence electrons. The van der Waals surface area contributed by atoms with Crippen LogP contribution in [0.5, 0.6) is 0 Å². The standard InChI is InChI=1S/C34H32ClN5O6S/c1-19-5-11-25(12-6-19)47(44,45)40-27-13-20(2)30(35)29(26(27)16-36-40)28-21(3)39(24-14-34(15-24)17-38(18-34)33(42)43)37-31(28)22-7-9-23(10-8-22)32(41)46-4/h5-13,16,24H,14-15,17-18H2,1-4H3,(H,42,43). The topological polar surface area (TPSA) is 137 Å². The lowest BCUT2D eigenvalue weighted by molar-refractivity contribution is -0.0775. The molecule has 0 atom stereocenters. The molecule has 47 heavy (non-hydrogen) atoms. The summed E-state index contributed by atoms with van der Waals surface area (Å²) in [5, 5.41) is 19.8. The van der Waals surface area contributed by atoms with Gasteiger partial charge in [-0.25, -0.2) is 9.59 Å². The van der Waals surface area contributed by atoms with Crippen LogP contribution in [-0.4, -0.2) is 69.7 Å². The Morgan fingerprint density at radius 1 is 1.00 bits per heavy atom. The van der Waals surface area contributed by atoms with E-state index >= 15 is 0 Å². The lowest BCUT2D eigenvalue weighted by Crippen LogP contribution is -2.63. The van der Waals surface area contributed by atoms with Crippen LogP contribution >= 0.6 is 11.6 Å². The zero-order chi connectivity index (χ0) is 33.4. The molecule has 1 amide bonds. The third-order valence-electron chi connectivity index (χ3n) is 9.49. The van der Waals surface area contributed by atoms with E-state index in [9.17, 15) is 23.1 Å². The summed E-state index contributed by atoms with van der Waals surface area (Å²) in [7, 11) is -2.70. The lowest BCUT2D eigenvalue weighted by Gasteiger charge is -2.58. The molecule has 1 N–H and O–H groups in total. The van der Waals surface area contributed by atoms with Gasteiger partial charge in [-0.3, -0.25) is 4.68 Å². The fraction of sp³-hybridized carbons (Fsp3) is 0.294. The molecule has 0 unspecified atom stereocenters. The Hall–Kier alpha value is -4.68. The Labute approximate surface area is 276 Å². The lowest BCUT2D eigenvalue weighted by atomic mass is 9.61. The van der Waals surface area contributed by atoms with Crippen LogP contribution in [0.15, 0.2) is 65.7 Å². The first-order chi connectivity index (χ1) is 22.3. The molecule has 1 saturated heterocycles. The van der Waals surface area contributed by atoms with E-state index in [1.807, 2.05) is 25.5 Å². The van der Waals surface area contributed by atoms with E-state index in [1.165, 1.54) is 18.2 Å². The number of methoxy groups -OCH3 is 1. The summed E-state index contributed by atoms with van der Waals surface area (Å²) in [5.74, 6) is -0.459. The van der Waals surface area contributed by atoms with Gasteiger partial charge in [0.05, 0.1) is 40.3 Å². The van der Waals surface area contributed by atoms with E-state index in [0.29, 0.717) is 51.4 Å². The van der Waals surface area contributed by atoms with Crippen molar-refractivity contribution in [1.29, 1.82) is 0 Å². The second kappa shape index (κ2) is 11.0. The highest BCUT2D eigenvalue weighted by molar-refractivity contribution is 7.90. The van der Waals surface area contributed by atoms with Crippen molar-refractivity contribution in [1.82, 2.24) is 23.9 Å². The molecule has 11 nitrogen and oxygen atoms in total. The van der Waals surface area contributed by atoms with E-state index in [0.717, 1.165) is 39.3 Å². The number of likely N-dealkylation sites (tertiary alicyclic amines) is 1. The molecule has 0 radical (unpaired) electrons. The average molecular weight is 674 g/mol. The number of carbonyl (C=O) groups excluding carboxylic acids is 1. The Morgan fingerprint density at radius 3 is 2.28 bits per heavy atom. The number of benzene rings is 3. The monoisotopic (exact) mass is 673 g/mol. The summed E-state index contributed by atoms with van der Waals surface area (Å²) in [4.78, 5) is 25.1. The van der Waals surface area contributed by atoms with E-state index in [1.54, 1.807) is 54.6 Å². The number of esters is 1. The van der Waals surface area contributed by atoms with Crippen LogP contribution in [0, 0.1) is 26.2 Å². The quantitative estimate of drug-likeness (QED) is 0.202. The number of hydrogen-bond acceptors (Lipinski definition) is 7. The number of hydrogen-bond donors (Lipinski definition) is 1. The molecule has 2 aromatic heterocycles. The fourth-order valence-electron chi connectivity index (χ4n) is 7.02.